The fourth-order valence-electron chi connectivity index (χ4n) is 3.31. The van der Waals surface area contributed by atoms with Crippen molar-refractivity contribution < 1.29 is 19.1 Å². The Morgan fingerprint density at radius 3 is 2.38 bits per heavy atom. The maximum absolute atomic E-state index is 12.4. The van der Waals surface area contributed by atoms with Gasteiger partial charge in [0.15, 0.2) is 5.70 Å². The predicted molar refractivity (Wildman–Crippen MR) is 149 cm³/mol. The molecule has 1 heterocycles. The first-order valence-electron chi connectivity index (χ1n) is 10.5. The van der Waals surface area contributed by atoms with E-state index in [4.69, 9.17) is 9.47 Å². The van der Waals surface area contributed by atoms with E-state index in [1.54, 1.807) is 30.3 Å². The van der Waals surface area contributed by atoms with Crippen molar-refractivity contribution in [2.24, 2.45) is 4.99 Å². The Hall–Kier alpha value is -2.73. The first-order chi connectivity index (χ1) is 16.4. The monoisotopic (exact) mass is 678 g/mol. The van der Waals surface area contributed by atoms with Crippen LogP contribution in [0.4, 0.5) is 5.69 Å². The first-order valence-corrected chi connectivity index (χ1v) is 12.6. The number of anilines is 1. The molecule has 1 N–H and O–H groups in total. The van der Waals surface area contributed by atoms with E-state index < -0.39 is 5.97 Å². The Kier molecular flexibility index (Phi) is 7.99. The van der Waals surface area contributed by atoms with Gasteiger partial charge in [-0.3, -0.25) is 4.79 Å². The molecule has 1 amide bonds. The smallest absolute Gasteiger partial charge is 0.363 e. The topological polar surface area (TPSA) is 77.0 Å². The molecule has 3 aromatic rings. The fourth-order valence-corrected chi connectivity index (χ4v) is 5.43. The number of esters is 1. The van der Waals surface area contributed by atoms with E-state index >= 15 is 0 Å². The number of nitrogens with zero attached hydrogens (tertiary/aromatic N) is 1. The lowest BCUT2D eigenvalue weighted by Gasteiger charge is -2.11. The second-order valence-corrected chi connectivity index (χ2v) is 9.82. The predicted octanol–water partition coefficient (Wildman–Crippen LogP) is 5.82. The molecule has 1 aliphatic rings. The normalized spacial score (nSPS) is 14.0. The molecule has 0 saturated heterocycles. The van der Waals surface area contributed by atoms with Crippen molar-refractivity contribution in [3.8, 4) is 5.75 Å². The van der Waals surface area contributed by atoms with Crippen LogP contribution in [0, 0.1) is 7.14 Å². The van der Waals surface area contributed by atoms with Crippen LogP contribution in [0.3, 0.4) is 0 Å². The summed E-state index contributed by atoms with van der Waals surface area (Å²) in [5.41, 5.74) is 3.60. The van der Waals surface area contributed by atoms with Crippen LogP contribution in [0.2, 0.25) is 0 Å². The van der Waals surface area contributed by atoms with E-state index in [-0.39, 0.29) is 17.5 Å². The molecule has 34 heavy (non-hydrogen) atoms. The minimum atomic E-state index is -0.505. The standard InChI is InChI=1S/C26H20I2N2O4/c1-16(31)29-20-9-7-19(8-10-20)25-30-23(26(32)34-25)15-18-13-21(27)24(22(28)14-18)33-12-11-17-5-3-2-4-6-17/h2-10,13-15H,11-12H2,1H3,(H,29,31)/b23-15-. The zero-order chi connectivity index (χ0) is 24.1. The molecule has 3 aromatic carbocycles. The van der Waals surface area contributed by atoms with Gasteiger partial charge in [0.1, 0.15) is 5.75 Å². The second kappa shape index (κ2) is 11.1. The summed E-state index contributed by atoms with van der Waals surface area (Å²) in [5, 5.41) is 2.70. The van der Waals surface area contributed by atoms with Crippen molar-refractivity contribution in [3.63, 3.8) is 0 Å². The largest absolute Gasteiger partial charge is 0.491 e. The zero-order valence-electron chi connectivity index (χ0n) is 18.2. The molecule has 1 aliphatic heterocycles. The summed E-state index contributed by atoms with van der Waals surface area (Å²) in [6.07, 6.45) is 2.53. The van der Waals surface area contributed by atoms with E-state index in [1.165, 1.54) is 12.5 Å². The number of ether oxygens (including phenoxy) is 2. The highest BCUT2D eigenvalue weighted by molar-refractivity contribution is 14.1. The molecule has 4 rings (SSSR count). The van der Waals surface area contributed by atoms with Gasteiger partial charge in [-0.25, -0.2) is 9.79 Å². The molecule has 0 atom stereocenters. The molecule has 0 saturated carbocycles. The van der Waals surface area contributed by atoms with Gasteiger partial charge in [0.05, 0.1) is 13.7 Å². The van der Waals surface area contributed by atoms with Crippen LogP contribution in [0.5, 0.6) is 5.75 Å². The molecule has 0 aromatic heterocycles. The number of cyclic esters (lactones) is 1. The summed E-state index contributed by atoms with van der Waals surface area (Å²) >= 11 is 4.48. The highest BCUT2D eigenvalue weighted by atomic mass is 127. The minimum Gasteiger partial charge on any atom is -0.491 e. The minimum absolute atomic E-state index is 0.153. The van der Waals surface area contributed by atoms with Gasteiger partial charge in [0, 0.05) is 24.6 Å². The van der Waals surface area contributed by atoms with Gasteiger partial charge in [-0.2, -0.15) is 0 Å². The number of amides is 1. The first kappa shape index (κ1) is 24.4. The second-order valence-electron chi connectivity index (χ2n) is 7.49. The maximum atomic E-state index is 12.4. The van der Waals surface area contributed by atoms with Crippen molar-refractivity contribution in [1.82, 2.24) is 0 Å². The third-order valence-corrected chi connectivity index (χ3v) is 6.48. The number of carbonyl (C=O) groups is 2. The Bertz CT molecular complexity index is 1260. The van der Waals surface area contributed by atoms with E-state index in [2.05, 4.69) is 67.6 Å². The van der Waals surface area contributed by atoms with Crippen molar-refractivity contribution in [1.29, 1.82) is 0 Å². The molecular formula is C26H20I2N2O4. The zero-order valence-corrected chi connectivity index (χ0v) is 22.5. The molecule has 0 spiro atoms. The summed E-state index contributed by atoms with van der Waals surface area (Å²) in [7, 11) is 0. The summed E-state index contributed by atoms with van der Waals surface area (Å²) in [4.78, 5) is 27.9. The molecule has 6 nitrogen and oxygen atoms in total. The van der Waals surface area contributed by atoms with E-state index in [1.807, 2.05) is 30.3 Å². The van der Waals surface area contributed by atoms with Crippen molar-refractivity contribution in [2.45, 2.75) is 13.3 Å². The van der Waals surface area contributed by atoms with Crippen LogP contribution in [-0.4, -0.2) is 24.4 Å². The average Bonchev–Trinajstić information content (AvgIpc) is 3.16. The molecule has 172 valence electrons. The van der Waals surface area contributed by atoms with E-state index in [0.29, 0.717) is 17.9 Å². The van der Waals surface area contributed by atoms with Gasteiger partial charge in [-0.15, -0.1) is 0 Å². The fraction of sp³-hybridized carbons (Fsp3) is 0.115. The Morgan fingerprint density at radius 1 is 1.06 bits per heavy atom. The van der Waals surface area contributed by atoms with Crippen LogP contribution in [0.15, 0.2) is 77.4 Å². The van der Waals surface area contributed by atoms with Crippen LogP contribution in [-0.2, 0) is 20.7 Å². The van der Waals surface area contributed by atoms with Crippen molar-refractivity contribution in [3.05, 3.63) is 96.3 Å². The lowest BCUT2D eigenvalue weighted by Crippen LogP contribution is -2.07. The molecule has 0 radical (unpaired) electrons. The summed E-state index contributed by atoms with van der Waals surface area (Å²) in [6, 6.07) is 21.1. The number of rotatable bonds is 7. The number of hydrogen-bond acceptors (Lipinski definition) is 5. The highest BCUT2D eigenvalue weighted by Gasteiger charge is 2.24. The molecule has 0 aliphatic carbocycles. The van der Waals surface area contributed by atoms with Crippen LogP contribution in [0.1, 0.15) is 23.6 Å². The third-order valence-electron chi connectivity index (χ3n) is 4.88. The van der Waals surface area contributed by atoms with Gasteiger partial charge < -0.3 is 14.8 Å². The average molecular weight is 678 g/mol. The van der Waals surface area contributed by atoms with Gasteiger partial charge in [0.25, 0.3) is 0 Å². The highest BCUT2D eigenvalue weighted by Crippen LogP contribution is 2.31. The van der Waals surface area contributed by atoms with Crippen LogP contribution < -0.4 is 10.1 Å². The number of carbonyl (C=O) groups excluding carboxylic acids is 2. The number of benzene rings is 3. The molecular weight excluding hydrogens is 658 g/mol. The van der Waals surface area contributed by atoms with Gasteiger partial charge in [-0.05, 0) is 98.8 Å². The van der Waals surface area contributed by atoms with Crippen LogP contribution in [0.25, 0.3) is 6.08 Å². The molecule has 0 unspecified atom stereocenters. The van der Waals surface area contributed by atoms with Gasteiger partial charge in [-0.1, -0.05) is 30.3 Å². The number of halogens is 2. The van der Waals surface area contributed by atoms with Gasteiger partial charge >= 0.3 is 5.97 Å². The number of nitrogens with one attached hydrogen (secondary N) is 1. The quantitative estimate of drug-likeness (QED) is 0.194. The third kappa shape index (κ3) is 6.23. The Morgan fingerprint density at radius 2 is 1.74 bits per heavy atom. The lowest BCUT2D eigenvalue weighted by molar-refractivity contribution is -0.129. The van der Waals surface area contributed by atoms with Crippen molar-refractivity contribution in [2.75, 3.05) is 11.9 Å². The molecule has 0 bridgehead atoms. The maximum Gasteiger partial charge on any atom is 0.363 e. The van der Waals surface area contributed by atoms with Crippen LogP contribution >= 0.6 is 45.2 Å². The summed E-state index contributed by atoms with van der Waals surface area (Å²) in [6.45, 7) is 2.02. The van der Waals surface area contributed by atoms with E-state index in [9.17, 15) is 9.59 Å². The lowest BCUT2D eigenvalue weighted by atomic mass is 10.1. The number of hydrogen-bond donors (Lipinski definition) is 1. The van der Waals surface area contributed by atoms with Gasteiger partial charge in [0.2, 0.25) is 11.8 Å². The molecule has 0 fully saturated rings. The Balaban J connectivity index is 1.47. The SMILES string of the molecule is CC(=O)Nc1ccc(C2=N/C(=C\c3cc(I)c(OCCc4ccccc4)c(I)c3)C(=O)O2)cc1. The Labute approximate surface area is 224 Å². The summed E-state index contributed by atoms with van der Waals surface area (Å²) in [5.74, 6) is 0.404. The molecule has 8 heteroatoms. The summed E-state index contributed by atoms with van der Waals surface area (Å²) < 4.78 is 13.3. The van der Waals surface area contributed by atoms with Crippen molar-refractivity contribution >= 4 is 74.7 Å². The number of aliphatic imine (C=N–C) groups is 1. The van der Waals surface area contributed by atoms with E-state index in [0.717, 1.165) is 24.9 Å².